The van der Waals surface area contributed by atoms with Gasteiger partial charge in [-0.1, -0.05) is 39.5 Å². The molecule has 0 aliphatic carbocycles. The van der Waals surface area contributed by atoms with E-state index < -0.39 is 0 Å². The Hall–Kier alpha value is -0.0800. The fraction of sp³-hybridized carbons (Fsp3) is 1.00. The summed E-state index contributed by atoms with van der Waals surface area (Å²) >= 11 is 0. The van der Waals surface area contributed by atoms with E-state index in [1.165, 1.54) is 51.6 Å². The van der Waals surface area contributed by atoms with Gasteiger partial charge in [-0.15, -0.1) is 0 Å². The summed E-state index contributed by atoms with van der Waals surface area (Å²) in [6, 6.07) is 0.441. The molecule has 2 nitrogen and oxygen atoms in total. The summed E-state index contributed by atoms with van der Waals surface area (Å²) in [4.78, 5) is 2.48. The third-order valence-electron chi connectivity index (χ3n) is 3.73. The molecule has 1 saturated heterocycles. The lowest BCUT2D eigenvalue weighted by molar-refractivity contribution is 0.137. The summed E-state index contributed by atoms with van der Waals surface area (Å²) in [6.45, 7) is 7.25. The highest BCUT2D eigenvalue weighted by Gasteiger charge is 2.29. The van der Waals surface area contributed by atoms with Crippen LogP contribution in [0.4, 0.5) is 0 Å². The van der Waals surface area contributed by atoms with Crippen molar-refractivity contribution in [3.05, 3.63) is 0 Å². The van der Waals surface area contributed by atoms with Crippen LogP contribution in [0.1, 0.15) is 52.4 Å². The van der Waals surface area contributed by atoms with E-state index in [0.717, 1.165) is 0 Å². The second-order valence-electron chi connectivity index (χ2n) is 4.97. The Morgan fingerprint density at radius 3 is 2.60 bits per heavy atom. The van der Waals surface area contributed by atoms with Crippen molar-refractivity contribution in [2.24, 2.45) is 5.92 Å². The zero-order valence-electron chi connectivity index (χ0n) is 10.4. The lowest BCUT2D eigenvalue weighted by atomic mass is 10.0. The molecule has 1 heterocycles. The van der Waals surface area contributed by atoms with Gasteiger partial charge in [0.2, 0.25) is 0 Å². The van der Waals surface area contributed by atoms with Crippen molar-refractivity contribution in [2.45, 2.75) is 58.4 Å². The molecular weight excluding hydrogens is 186 g/mol. The van der Waals surface area contributed by atoms with Crippen molar-refractivity contribution in [3.8, 4) is 0 Å². The molecular formula is C13H27NO. The predicted octanol–water partition coefficient (Wildman–Crippen LogP) is 2.66. The molecule has 2 unspecified atom stereocenters. The molecule has 1 fully saturated rings. The molecule has 1 rings (SSSR count). The Bertz CT molecular complexity index is 161. The van der Waals surface area contributed by atoms with Crippen molar-refractivity contribution in [1.29, 1.82) is 0 Å². The molecule has 90 valence electrons. The zero-order chi connectivity index (χ0) is 11.1. The summed E-state index contributed by atoms with van der Waals surface area (Å²) in [6.07, 6.45) is 8.00. The van der Waals surface area contributed by atoms with Gasteiger partial charge in [0.1, 0.15) is 0 Å². The molecule has 0 spiro atoms. The van der Waals surface area contributed by atoms with Crippen LogP contribution in [0.3, 0.4) is 0 Å². The molecule has 0 aromatic heterocycles. The molecule has 1 N–H and O–H groups in total. The summed E-state index contributed by atoms with van der Waals surface area (Å²) < 4.78 is 0. The average Bonchev–Trinajstić information content (AvgIpc) is 2.59. The number of aliphatic hydroxyl groups is 1. The van der Waals surface area contributed by atoms with Crippen LogP contribution in [0.25, 0.3) is 0 Å². The zero-order valence-corrected chi connectivity index (χ0v) is 10.4. The minimum atomic E-state index is 0.343. The highest BCUT2D eigenvalue weighted by molar-refractivity contribution is 4.83. The fourth-order valence-electron chi connectivity index (χ4n) is 2.58. The predicted molar refractivity (Wildman–Crippen MR) is 65.0 cm³/mol. The summed E-state index contributed by atoms with van der Waals surface area (Å²) in [7, 11) is 0. The molecule has 2 atom stereocenters. The number of rotatable bonds is 7. The molecule has 0 saturated carbocycles. The molecule has 1 aliphatic heterocycles. The van der Waals surface area contributed by atoms with E-state index in [1.54, 1.807) is 0 Å². The van der Waals surface area contributed by atoms with E-state index in [-0.39, 0.29) is 0 Å². The maximum atomic E-state index is 9.31. The highest BCUT2D eigenvalue weighted by Crippen LogP contribution is 2.23. The number of hydrogen-bond donors (Lipinski definition) is 1. The molecule has 1 aliphatic rings. The Labute approximate surface area is 94.7 Å². The van der Waals surface area contributed by atoms with Crippen LogP contribution in [0.5, 0.6) is 0 Å². The molecule has 0 aromatic rings. The Balaban J connectivity index is 2.10. The van der Waals surface area contributed by atoms with Crippen LogP contribution in [0.2, 0.25) is 0 Å². The molecule has 2 heteroatoms. The number of nitrogens with zero attached hydrogens (tertiary/aromatic N) is 1. The minimum absolute atomic E-state index is 0.343. The van der Waals surface area contributed by atoms with Gasteiger partial charge in [0.05, 0.1) is 6.61 Å². The monoisotopic (exact) mass is 213 g/mol. The van der Waals surface area contributed by atoms with E-state index in [4.69, 9.17) is 0 Å². The largest absolute Gasteiger partial charge is 0.395 e. The standard InChI is InChI=1S/C13H27NO/c1-3-4-5-6-7-9-14-10-8-12(2)13(14)11-15/h12-13,15H,3-11H2,1-2H3. The van der Waals surface area contributed by atoms with E-state index in [0.29, 0.717) is 18.6 Å². The van der Waals surface area contributed by atoms with Crippen LogP contribution >= 0.6 is 0 Å². The van der Waals surface area contributed by atoms with Gasteiger partial charge in [-0.25, -0.2) is 0 Å². The van der Waals surface area contributed by atoms with E-state index in [2.05, 4.69) is 18.7 Å². The van der Waals surface area contributed by atoms with Crippen LogP contribution in [-0.4, -0.2) is 35.7 Å². The molecule has 0 radical (unpaired) electrons. The van der Waals surface area contributed by atoms with Crippen LogP contribution < -0.4 is 0 Å². The topological polar surface area (TPSA) is 23.5 Å². The van der Waals surface area contributed by atoms with E-state index in [1.807, 2.05) is 0 Å². The van der Waals surface area contributed by atoms with E-state index >= 15 is 0 Å². The normalized spacial score (nSPS) is 27.4. The SMILES string of the molecule is CCCCCCCN1CCC(C)C1CO. The number of unbranched alkanes of at least 4 members (excludes halogenated alkanes) is 4. The van der Waals surface area contributed by atoms with Crippen LogP contribution in [0.15, 0.2) is 0 Å². The Morgan fingerprint density at radius 2 is 1.93 bits per heavy atom. The second-order valence-corrected chi connectivity index (χ2v) is 4.97. The first-order valence-electron chi connectivity index (χ1n) is 6.64. The van der Waals surface area contributed by atoms with Crippen molar-refractivity contribution in [2.75, 3.05) is 19.7 Å². The average molecular weight is 213 g/mol. The lowest BCUT2D eigenvalue weighted by Crippen LogP contribution is -2.35. The van der Waals surface area contributed by atoms with Gasteiger partial charge in [-0.05, 0) is 31.8 Å². The summed E-state index contributed by atoms with van der Waals surface area (Å²) in [5, 5.41) is 9.31. The number of likely N-dealkylation sites (tertiary alicyclic amines) is 1. The van der Waals surface area contributed by atoms with Crippen molar-refractivity contribution < 1.29 is 5.11 Å². The highest BCUT2D eigenvalue weighted by atomic mass is 16.3. The Kier molecular flexibility index (Phi) is 6.26. The lowest BCUT2D eigenvalue weighted by Gasteiger charge is -2.24. The summed E-state index contributed by atoms with van der Waals surface area (Å²) in [5.74, 6) is 0.686. The third-order valence-corrected chi connectivity index (χ3v) is 3.73. The smallest absolute Gasteiger partial charge is 0.0589 e. The van der Waals surface area contributed by atoms with Crippen LogP contribution in [0, 0.1) is 5.92 Å². The first-order valence-corrected chi connectivity index (χ1v) is 6.64. The first-order chi connectivity index (χ1) is 7.29. The molecule has 0 bridgehead atoms. The molecule has 0 aromatic carbocycles. The number of hydrogen-bond acceptors (Lipinski definition) is 2. The van der Waals surface area contributed by atoms with Gasteiger partial charge in [0.15, 0.2) is 0 Å². The number of aliphatic hydroxyl groups excluding tert-OH is 1. The third kappa shape index (κ3) is 4.12. The van der Waals surface area contributed by atoms with Crippen molar-refractivity contribution >= 4 is 0 Å². The van der Waals surface area contributed by atoms with Gasteiger partial charge < -0.3 is 5.11 Å². The second kappa shape index (κ2) is 7.24. The first kappa shape index (κ1) is 13.0. The van der Waals surface area contributed by atoms with Crippen molar-refractivity contribution in [3.63, 3.8) is 0 Å². The maximum Gasteiger partial charge on any atom is 0.0589 e. The maximum absolute atomic E-state index is 9.31. The van der Waals surface area contributed by atoms with Gasteiger partial charge >= 0.3 is 0 Å². The minimum Gasteiger partial charge on any atom is -0.395 e. The Morgan fingerprint density at radius 1 is 1.20 bits per heavy atom. The van der Waals surface area contributed by atoms with Gasteiger partial charge in [-0.2, -0.15) is 0 Å². The van der Waals surface area contributed by atoms with E-state index in [9.17, 15) is 5.11 Å². The quantitative estimate of drug-likeness (QED) is 0.657. The summed E-state index contributed by atoms with van der Waals surface area (Å²) in [5.41, 5.74) is 0. The van der Waals surface area contributed by atoms with Gasteiger partial charge in [-0.3, -0.25) is 4.90 Å². The molecule has 0 amide bonds. The fourth-order valence-corrected chi connectivity index (χ4v) is 2.58. The van der Waals surface area contributed by atoms with Gasteiger partial charge in [0, 0.05) is 6.04 Å². The van der Waals surface area contributed by atoms with Gasteiger partial charge in [0.25, 0.3) is 0 Å². The van der Waals surface area contributed by atoms with Crippen LogP contribution in [-0.2, 0) is 0 Å². The molecule has 15 heavy (non-hydrogen) atoms. The van der Waals surface area contributed by atoms with Crippen molar-refractivity contribution in [1.82, 2.24) is 4.90 Å².